The minimum absolute atomic E-state index is 0.305. The number of urea groups is 1. The molecule has 20 heavy (non-hydrogen) atoms. The fourth-order valence-electron chi connectivity index (χ4n) is 1.83. The zero-order chi connectivity index (χ0) is 14.5. The molecule has 0 radical (unpaired) electrons. The molecule has 2 N–H and O–H groups in total. The Morgan fingerprint density at radius 1 is 1.30 bits per heavy atom. The van der Waals surface area contributed by atoms with Crippen LogP contribution in [0.5, 0.6) is 0 Å². The van der Waals surface area contributed by atoms with Crippen LogP contribution in [-0.4, -0.2) is 29.4 Å². The molecule has 1 heterocycles. The zero-order valence-corrected chi connectivity index (χ0v) is 11.9. The maximum absolute atomic E-state index is 12.0. The molecule has 0 aliphatic carbocycles. The number of nitrogens with one attached hydrogen (secondary N) is 2. The van der Waals surface area contributed by atoms with E-state index in [0.29, 0.717) is 5.82 Å². The van der Waals surface area contributed by atoms with Crippen LogP contribution >= 0.6 is 0 Å². The van der Waals surface area contributed by atoms with Crippen LogP contribution in [0.1, 0.15) is 6.92 Å². The second kappa shape index (κ2) is 6.10. The molecule has 0 fully saturated rings. The summed E-state index contributed by atoms with van der Waals surface area (Å²) >= 11 is 0. The molecule has 0 saturated heterocycles. The smallest absolute Gasteiger partial charge is 0.324 e. The minimum Gasteiger partial charge on any atom is -0.373 e. The largest absolute Gasteiger partial charge is 0.373 e. The number of para-hydroxylation sites is 2. The van der Waals surface area contributed by atoms with Crippen molar-refractivity contribution in [3.63, 3.8) is 0 Å². The summed E-state index contributed by atoms with van der Waals surface area (Å²) in [5.74, 6) is 0.520. The molecule has 106 valence electrons. The maximum atomic E-state index is 12.0. The monoisotopic (exact) mass is 273 g/mol. The van der Waals surface area contributed by atoms with E-state index in [4.69, 9.17) is 0 Å². The SMILES string of the molecule is CCN(C)c1ccccc1NC(=O)Nc1ccn(C)n1. The molecule has 1 aromatic carbocycles. The summed E-state index contributed by atoms with van der Waals surface area (Å²) in [5.41, 5.74) is 1.75. The van der Waals surface area contributed by atoms with E-state index < -0.39 is 0 Å². The quantitative estimate of drug-likeness (QED) is 0.899. The lowest BCUT2D eigenvalue weighted by molar-refractivity contribution is 0.262. The fourth-order valence-corrected chi connectivity index (χ4v) is 1.83. The van der Waals surface area contributed by atoms with Crippen molar-refractivity contribution in [2.24, 2.45) is 7.05 Å². The van der Waals surface area contributed by atoms with Gasteiger partial charge in [0.2, 0.25) is 0 Å². The number of aromatic nitrogens is 2. The van der Waals surface area contributed by atoms with Gasteiger partial charge in [-0.25, -0.2) is 4.79 Å². The van der Waals surface area contributed by atoms with E-state index in [9.17, 15) is 4.79 Å². The van der Waals surface area contributed by atoms with Crippen LogP contribution in [0, 0.1) is 0 Å². The highest BCUT2D eigenvalue weighted by Crippen LogP contribution is 2.24. The van der Waals surface area contributed by atoms with Crippen molar-refractivity contribution in [1.82, 2.24) is 9.78 Å². The van der Waals surface area contributed by atoms with Gasteiger partial charge in [-0.3, -0.25) is 10.00 Å². The molecule has 6 nitrogen and oxygen atoms in total. The first-order valence-corrected chi connectivity index (χ1v) is 6.48. The number of carbonyl (C=O) groups is 1. The number of benzene rings is 1. The van der Waals surface area contributed by atoms with Gasteiger partial charge in [-0.1, -0.05) is 12.1 Å². The highest BCUT2D eigenvalue weighted by atomic mass is 16.2. The van der Waals surface area contributed by atoms with Crippen molar-refractivity contribution in [1.29, 1.82) is 0 Å². The average Bonchev–Trinajstić information content (AvgIpc) is 2.83. The van der Waals surface area contributed by atoms with Gasteiger partial charge in [0.25, 0.3) is 0 Å². The van der Waals surface area contributed by atoms with Gasteiger partial charge in [-0.15, -0.1) is 0 Å². The summed E-state index contributed by atoms with van der Waals surface area (Å²) in [6.07, 6.45) is 1.77. The van der Waals surface area contributed by atoms with Crippen LogP contribution in [0.15, 0.2) is 36.5 Å². The summed E-state index contributed by atoms with van der Waals surface area (Å²) in [6.45, 7) is 2.92. The van der Waals surface area contributed by atoms with Crippen molar-refractivity contribution in [2.75, 3.05) is 29.1 Å². The molecule has 2 aromatic rings. The normalized spacial score (nSPS) is 10.2. The zero-order valence-electron chi connectivity index (χ0n) is 11.9. The van der Waals surface area contributed by atoms with E-state index >= 15 is 0 Å². The first-order chi connectivity index (χ1) is 9.60. The number of aryl methyl sites for hydroxylation is 1. The van der Waals surface area contributed by atoms with Crippen LogP contribution in [-0.2, 0) is 7.05 Å². The van der Waals surface area contributed by atoms with Crippen molar-refractivity contribution in [2.45, 2.75) is 6.92 Å². The molecule has 1 aromatic heterocycles. The van der Waals surface area contributed by atoms with Gasteiger partial charge >= 0.3 is 6.03 Å². The first-order valence-electron chi connectivity index (χ1n) is 6.48. The predicted molar refractivity (Wildman–Crippen MR) is 81.2 cm³/mol. The lowest BCUT2D eigenvalue weighted by Crippen LogP contribution is -2.23. The van der Waals surface area contributed by atoms with E-state index in [-0.39, 0.29) is 6.03 Å². The van der Waals surface area contributed by atoms with E-state index in [1.807, 2.05) is 31.3 Å². The molecule has 2 rings (SSSR count). The minimum atomic E-state index is -0.305. The molecule has 0 aliphatic heterocycles. The molecule has 0 atom stereocenters. The second-order valence-electron chi connectivity index (χ2n) is 4.49. The lowest BCUT2D eigenvalue weighted by atomic mass is 10.2. The third kappa shape index (κ3) is 3.28. The Balaban J connectivity index is 2.08. The maximum Gasteiger partial charge on any atom is 0.324 e. The van der Waals surface area contributed by atoms with E-state index in [1.54, 1.807) is 24.0 Å². The summed E-state index contributed by atoms with van der Waals surface area (Å²) in [5, 5.41) is 9.64. The predicted octanol–water partition coefficient (Wildman–Crippen LogP) is 2.52. The number of hydrogen-bond donors (Lipinski definition) is 2. The van der Waals surface area contributed by atoms with Crippen molar-refractivity contribution < 1.29 is 4.79 Å². The van der Waals surface area contributed by atoms with Crippen molar-refractivity contribution >= 4 is 23.2 Å². The number of rotatable bonds is 4. The van der Waals surface area contributed by atoms with Gasteiger partial charge in [0, 0.05) is 32.9 Å². The van der Waals surface area contributed by atoms with Gasteiger partial charge in [0.05, 0.1) is 11.4 Å². The summed E-state index contributed by atoms with van der Waals surface area (Å²) in [4.78, 5) is 14.0. The topological polar surface area (TPSA) is 62.2 Å². The van der Waals surface area contributed by atoms with Crippen LogP contribution in [0.25, 0.3) is 0 Å². The Morgan fingerprint density at radius 2 is 2.05 bits per heavy atom. The molecule has 0 unspecified atom stereocenters. The molecule has 6 heteroatoms. The Hall–Kier alpha value is -2.50. The number of amides is 2. The van der Waals surface area contributed by atoms with E-state index in [2.05, 4.69) is 27.6 Å². The molecular weight excluding hydrogens is 254 g/mol. The lowest BCUT2D eigenvalue weighted by Gasteiger charge is -2.20. The van der Waals surface area contributed by atoms with Crippen LogP contribution in [0.2, 0.25) is 0 Å². The molecule has 0 spiro atoms. The van der Waals surface area contributed by atoms with Gasteiger partial charge in [0.1, 0.15) is 0 Å². The number of carbonyl (C=O) groups excluding carboxylic acids is 1. The highest BCUT2D eigenvalue weighted by Gasteiger charge is 2.09. The molecule has 0 saturated carbocycles. The highest BCUT2D eigenvalue weighted by molar-refractivity contribution is 6.01. The van der Waals surface area contributed by atoms with Crippen LogP contribution < -0.4 is 15.5 Å². The van der Waals surface area contributed by atoms with Crippen LogP contribution in [0.3, 0.4) is 0 Å². The molecule has 2 amide bonds. The number of nitrogens with zero attached hydrogens (tertiary/aromatic N) is 3. The van der Waals surface area contributed by atoms with Crippen LogP contribution in [0.4, 0.5) is 22.0 Å². The first kappa shape index (κ1) is 13.9. The summed E-state index contributed by atoms with van der Waals surface area (Å²) < 4.78 is 1.63. The summed E-state index contributed by atoms with van der Waals surface area (Å²) in [7, 11) is 3.78. The van der Waals surface area contributed by atoms with Gasteiger partial charge in [-0.05, 0) is 19.1 Å². The number of hydrogen-bond acceptors (Lipinski definition) is 3. The van der Waals surface area contributed by atoms with Crippen molar-refractivity contribution in [3.8, 4) is 0 Å². The number of anilines is 3. The summed E-state index contributed by atoms with van der Waals surface area (Å²) in [6, 6.07) is 9.12. The average molecular weight is 273 g/mol. The standard InChI is InChI=1S/C14H19N5O/c1-4-18(2)12-8-6-5-7-11(12)15-14(20)16-13-9-10-19(3)17-13/h5-10H,4H2,1-3H3,(H2,15,16,17,20). The Bertz CT molecular complexity index is 593. The Morgan fingerprint density at radius 3 is 2.70 bits per heavy atom. The van der Waals surface area contributed by atoms with E-state index in [0.717, 1.165) is 17.9 Å². The molecule has 0 bridgehead atoms. The second-order valence-corrected chi connectivity index (χ2v) is 4.49. The van der Waals surface area contributed by atoms with Gasteiger partial charge in [-0.2, -0.15) is 5.10 Å². The van der Waals surface area contributed by atoms with Gasteiger partial charge < -0.3 is 10.2 Å². The third-order valence-corrected chi connectivity index (χ3v) is 2.99. The third-order valence-electron chi connectivity index (χ3n) is 2.99. The molecular formula is C14H19N5O. The van der Waals surface area contributed by atoms with Crippen molar-refractivity contribution in [3.05, 3.63) is 36.5 Å². The fraction of sp³-hybridized carbons (Fsp3) is 0.286. The van der Waals surface area contributed by atoms with E-state index in [1.165, 1.54) is 0 Å². The molecule has 0 aliphatic rings. The Labute approximate surface area is 118 Å². The van der Waals surface area contributed by atoms with Gasteiger partial charge in [0.15, 0.2) is 5.82 Å². The Kier molecular flexibility index (Phi) is 4.24.